The van der Waals surface area contributed by atoms with Gasteiger partial charge in [0.05, 0.1) is 0 Å². The molecule has 0 aliphatic heterocycles. The standard InChI is InChI=1S/Ag.La.2Se. The van der Waals surface area contributed by atoms with Gasteiger partial charge in [0, 0.05) is 92.1 Å². The van der Waals surface area contributed by atoms with Crippen molar-refractivity contribution in [3.63, 3.8) is 0 Å². The van der Waals surface area contributed by atoms with Crippen molar-refractivity contribution in [1.82, 2.24) is 0 Å². The third-order valence-corrected chi connectivity index (χ3v) is 0. The molecule has 0 saturated heterocycles. The van der Waals surface area contributed by atoms with Gasteiger partial charge in [-0.1, -0.05) is 0 Å². The van der Waals surface area contributed by atoms with Crippen LogP contribution in [0.4, 0.5) is 0 Å². The van der Waals surface area contributed by atoms with Gasteiger partial charge in [-0.15, -0.1) is 0 Å². The summed E-state index contributed by atoms with van der Waals surface area (Å²) in [6, 6.07) is 0. The van der Waals surface area contributed by atoms with E-state index in [1.165, 1.54) is 0 Å². The molecule has 0 aromatic heterocycles. The van der Waals surface area contributed by atoms with Gasteiger partial charge in [0.1, 0.15) is 0 Å². The maximum atomic E-state index is 0. The van der Waals surface area contributed by atoms with E-state index in [0.29, 0.717) is 0 Å². The SMILES string of the molecule is [Ag].[La].[Se].[Se]. The zero-order valence-electron chi connectivity index (χ0n) is 1.70. The van der Waals surface area contributed by atoms with Crippen LogP contribution in [0.25, 0.3) is 0 Å². The van der Waals surface area contributed by atoms with Gasteiger partial charge in [0.25, 0.3) is 0 Å². The summed E-state index contributed by atoms with van der Waals surface area (Å²) in [4.78, 5) is 0. The summed E-state index contributed by atoms with van der Waals surface area (Å²) in [5.41, 5.74) is 0. The number of hydrogen-bond acceptors (Lipinski definition) is 0. The topological polar surface area (TPSA) is 0 Å². The van der Waals surface area contributed by atoms with E-state index in [4.69, 9.17) is 0 Å². The molecule has 6 radical (unpaired) electrons. The largest absolute Gasteiger partial charge is 0 e. The predicted molar refractivity (Wildman–Crippen MR) is 11.5 cm³/mol. The molecule has 0 N–H and O–H groups in total. The van der Waals surface area contributed by atoms with Crippen molar-refractivity contribution >= 4 is 34.1 Å². The molecule has 26 valence electrons. The first-order valence-electron chi connectivity index (χ1n) is 0. The van der Waals surface area contributed by atoms with Gasteiger partial charge in [-0.25, -0.2) is 0 Å². The van der Waals surface area contributed by atoms with Crippen LogP contribution in [0.5, 0.6) is 0 Å². The Morgan fingerprint density at radius 3 is 0.750 bits per heavy atom. The van der Waals surface area contributed by atoms with E-state index < -0.39 is 0 Å². The van der Waals surface area contributed by atoms with Gasteiger partial charge >= 0.3 is 0 Å². The monoisotopic (exact) mass is 406 g/mol. The molecule has 0 unspecified atom stereocenters. The Kier molecular flexibility index (Phi) is 118. The van der Waals surface area contributed by atoms with Crippen molar-refractivity contribution in [2.45, 2.75) is 0 Å². The number of hydrogen-bond donors (Lipinski definition) is 0. The molecule has 0 aromatic carbocycles. The smallest absolute Gasteiger partial charge is 0 e. The average Bonchev–Trinajstić information content (AvgIpc) is 0. The van der Waals surface area contributed by atoms with Crippen molar-refractivity contribution in [1.29, 1.82) is 0 Å². The summed E-state index contributed by atoms with van der Waals surface area (Å²) in [6.45, 7) is 0. The number of rotatable bonds is 0. The van der Waals surface area contributed by atoms with Gasteiger partial charge in [0.15, 0.2) is 0 Å². The Bertz CT molecular complexity index is 6.00. The van der Waals surface area contributed by atoms with Crippen LogP contribution in [0.2, 0.25) is 0 Å². The molecule has 0 bridgehead atoms. The van der Waals surface area contributed by atoms with Crippen LogP contribution in [0.3, 0.4) is 0 Å². The molecule has 4 heavy (non-hydrogen) atoms. The van der Waals surface area contributed by atoms with Crippen LogP contribution >= 0.6 is 0 Å². The summed E-state index contributed by atoms with van der Waals surface area (Å²) in [5.74, 6) is 0. The third-order valence-electron chi connectivity index (χ3n) is 0. The fraction of sp³-hybridized carbons (Fsp3) is 0. The minimum atomic E-state index is 0. The first-order valence-corrected chi connectivity index (χ1v) is 0. The Morgan fingerprint density at radius 2 is 0.750 bits per heavy atom. The Balaban J connectivity index is 0. The molecule has 0 aliphatic carbocycles. The van der Waals surface area contributed by atoms with Gasteiger partial charge in [-0.2, -0.15) is 0 Å². The fourth-order valence-corrected chi connectivity index (χ4v) is 0. The normalized spacial score (nSPS) is 0. The van der Waals surface area contributed by atoms with Crippen molar-refractivity contribution in [3.05, 3.63) is 0 Å². The van der Waals surface area contributed by atoms with E-state index in [9.17, 15) is 0 Å². The molecular formula is AgLaSe2. The van der Waals surface area contributed by atoms with E-state index in [-0.39, 0.29) is 92.1 Å². The van der Waals surface area contributed by atoms with Crippen molar-refractivity contribution < 1.29 is 58.0 Å². The quantitative estimate of drug-likeness (QED) is 0.466. The average molecular weight is 405 g/mol. The molecule has 0 aromatic rings. The van der Waals surface area contributed by atoms with E-state index in [1.54, 1.807) is 0 Å². The molecule has 0 amide bonds. The van der Waals surface area contributed by atoms with Crippen molar-refractivity contribution in [2.75, 3.05) is 0 Å². The van der Waals surface area contributed by atoms with E-state index >= 15 is 0 Å². The van der Waals surface area contributed by atoms with Crippen molar-refractivity contribution in [3.8, 4) is 0 Å². The molecule has 4 heteroatoms. The summed E-state index contributed by atoms with van der Waals surface area (Å²) >= 11 is 0. The van der Waals surface area contributed by atoms with Gasteiger partial charge in [-0.05, 0) is 0 Å². The van der Waals surface area contributed by atoms with Crippen LogP contribution in [0.15, 0.2) is 0 Å². The first-order chi connectivity index (χ1) is 0. The molecule has 0 fully saturated rings. The van der Waals surface area contributed by atoms with E-state index in [0.717, 1.165) is 0 Å². The van der Waals surface area contributed by atoms with E-state index in [2.05, 4.69) is 0 Å². The minimum absolute atomic E-state index is 0. The van der Waals surface area contributed by atoms with Crippen LogP contribution in [0, 0.1) is 35.6 Å². The zero-order chi connectivity index (χ0) is 0. The van der Waals surface area contributed by atoms with Crippen LogP contribution < -0.4 is 0 Å². The molecule has 0 saturated carbocycles. The van der Waals surface area contributed by atoms with Crippen LogP contribution in [-0.4, -0.2) is 34.1 Å². The summed E-state index contributed by atoms with van der Waals surface area (Å²) in [5, 5.41) is 0. The molecule has 0 spiro atoms. The predicted octanol–water partition coefficient (Wildman–Crippen LogP) is -0.764. The maximum absolute atomic E-state index is 0. The Hall–Kier alpha value is 2.97. The van der Waals surface area contributed by atoms with Crippen molar-refractivity contribution in [2.24, 2.45) is 0 Å². The second kappa shape index (κ2) is 16.7. The zero-order valence-corrected chi connectivity index (χ0v) is 10.2. The fourth-order valence-electron chi connectivity index (χ4n) is 0. The summed E-state index contributed by atoms with van der Waals surface area (Å²) < 4.78 is 0. The van der Waals surface area contributed by atoms with E-state index in [1.807, 2.05) is 0 Å². The molecule has 0 nitrogen and oxygen atoms in total. The second-order valence-corrected chi connectivity index (χ2v) is 0. The molecule has 0 heterocycles. The summed E-state index contributed by atoms with van der Waals surface area (Å²) in [6.07, 6.45) is 0. The molecular weight excluding hydrogens is 405 g/mol. The Morgan fingerprint density at radius 1 is 0.750 bits per heavy atom. The summed E-state index contributed by atoms with van der Waals surface area (Å²) in [7, 11) is 0. The minimum Gasteiger partial charge on any atom is 0 e. The second-order valence-electron chi connectivity index (χ2n) is 0. The molecule has 0 atom stereocenters. The maximum Gasteiger partial charge on any atom is 0 e. The molecule has 0 rings (SSSR count). The Labute approximate surface area is 90.3 Å². The van der Waals surface area contributed by atoms with Crippen LogP contribution in [0.1, 0.15) is 0 Å². The van der Waals surface area contributed by atoms with Gasteiger partial charge in [0.2, 0.25) is 0 Å². The van der Waals surface area contributed by atoms with Crippen LogP contribution in [-0.2, 0) is 22.4 Å². The first kappa shape index (κ1) is 28.1. The van der Waals surface area contributed by atoms with Gasteiger partial charge in [-0.3, -0.25) is 0 Å². The third kappa shape index (κ3) is 8.88. The van der Waals surface area contributed by atoms with Gasteiger partial charge < -0.3 is 0 Å². The molecule has 0 aliphatic rings.